The van der Waals surface area contributed by atoms with Crippen LogP contribution < -0.4 is 10.6 Å². The molecule has 1 amide bonds. The molecule has 0 radical (unpaired) electrons. The second-order valence-corrected chi connectivity index (χ2v) is 5.98. The summed E-state index contributed by atoms with van der Waals surface area (Å²) in [5.74, 6) is 1.44. The first-order valence-electron chi connectivity index (χ1n) is 8.13. The largest absolute Gasteiger partial charge is 0.459 e. The van der Waals surface area contributed by atoms with Gasteiger partial charge in [-0.15, -0.1) is 0 Å². The first-order chi connectivity index (χ1) is 12.0. The number of nitrogens with zero attached hydrogens (tertiary/aromatic N) is 2. The first-order valence-corrected chi connectivity index (χ1v) is 8.13. The van der Waals surface area contributed by atoms with Gasteiger partial charge in [-0.3, -0.25) is 4.79 Å². The average Bonchev–Trinajstić information content (AvgIpc) is 3.21. The van der Waals surface area contributed by atoms with Crippen molar-refractivity contribution in [3.63, 3.8) is 0 Å². The zero-order chi connectivity index (χ0) is 17.8. The van der Waals surface area contributed by atoms with Crippen molar-refractivity contribution in [3.05, 3.63) is 59.7 Å². The Morgan fingerprint density at radius 3 is 2.76 bits per heavy atom. The number of oxazole rings is 1. The molecule has 0 aliphatic heterocycles. The van der Waals surface area contributed by atoms with E-state index in [0.29, 0.717) is 24.7 Å². The number of aromatic nitrogens is 1. The van der Waals surface area contributed by atoms with Crippen molar-refractivity contribution >= 4 is 11.6 Å². The van der Waals surface area contributed by atoms with Crippen molar-refractivity contribution < 1.29 is 13.6 Å². The predicted octanol–water partition coefficient (Wildman–Crippen LogP) is 3.43. The van der Waals surface area contributed by atoms with Crippen LogP contribution in [0.5, 0.6) is 0 Å². The zero-order valence-corrected chi connectivity index (χ0v) is 14.4. The fourth-order valence-electron chi connectivity index (χ4n) is 2.63. The highest BCUT2D eigenvalue weighted by Gasteiger charge is 2.17. The van der Waals surface area contributed by atoms with E-state index in [2.05, 4.69) is 16.0 Å². The number of nitrogens with two attached hydrogens (primary N) is 1. The molecule has 0 atom stereocenters. The van der Waals surface area contributed by atoms with E-state index in [1.165, 1.54) is 0 Å². The number of benzene rings is 1. The van der Waals surface area contributed by atoms with Gasteiger partial charge in [-0.1, -0.05) is 12.1 Å². The monoisotopic (exact) mass is 339 g/mol. The molecule has 1 aromatic carbocycles. The molecule has 0 aliphatic carbocycles. The van der Waals surface area contributed by atoms with E-state index in [-0.39, 0.29) is 12.3 Å². The van der Waals surface area contributed by atoms with E-state index in [1.54, 1.807) is 18.4 Å². The normalized spacial score (nSPS) is 10.8. The number of hydrogen-bond donors (Lipinski definition) is 1. The standard InChI is InChI=1S/C19H21N3O3/c1-13-5-3-6-15(11-13)22(9-8-18(20)23)12-16-14(2)25-19(21-16)17-7-4-10-24-17/h3-7,10-11H,8-9,12H2,1-2H3,(H2,20,23). The average molecular weight is 339 g/mol. The van der Waals surface area contributed by atoms with Crippen LogP contribution in [0.1, 0.15) is 23.4 Å². The molecule has 2 aromatic heterocycles. The van der Waals surface area contributed by atoms with Crippen molar-refractivity contribution in [3.8, 4) is 11.7 Å². The summed E-state index contributed by atoms with van der Waals surface area (Å²) < 4.78 is 11.1. The highest BCUT2D eigenvalue weighted by molar-refractivity contribution is 5.74. The molecule has 6 heteroatoms. The number of carbonyl (C=O) groups excluding carboxylic acids is 1. The topological polar surface area (TPSA) is 85.5 Å². The van der Waals surface area contributed by atoms with E-state index >= 15 is 0 Å². The zero-order valence-electron chi connectivity index (χ0n) is 14.4. The Bertz CT molecular complexity index is 853. The Morgan fingerprint density at radius 2 is 2.08 bits per heavy atom. The molecule has 3 aromatic rings. The van der Waals surface area contributed by atoms with Crippen LogP contribution in [-0.2, 0) is 11.3 Å². The molecular formula is C19H21N3O3. The molecule has 0 spiro atoms. The lowest BCUT2D eigenvalue weighted by Crippen LogP contribution is -2.28. The predicted molar refractivity (Wildman–Crippen MR) is 95.0 cm³/mol. The number of amides is 1. The lowest BCUT2D eigenvalue weighted by molar-refractivity contribution is -0.117. The number of primary amides is 1. The van der Waals surface area contributed by atoms with Crippen LogP contribution in [0.15, 0.2) is 51.5 Å². The summed E-state index contributed by atoms with van der Waals surface area (Å²) in [5, 5.41) is 0. The van der Waals surface area contributed by atoms with Gasteiger partial charge >= 0.3 is 0 Å². The van der Waals surface area contributed by atoms with Crippen molar-refractivity contribution in [2.75, 3.05) is 11.4 Å². The summed E-state index contributed by atoms with van der Waals surface area (Å²) >= 11 is 0. The molecule has 25 heavy (non-hydrogen) atoms. The van der Waals surface area contributed by atoms with Crippen molar-refractivity contribution in [2.24, 2.45) is 5.73 Å². The van der Waals surface area contributed by atoms with Gasteiger partial charge in [-0.25, -0.2) is 4.98 Å². The third-order valence-electron chi connectivity index (χ3n) is 3.96. The van der Waals surface area contributed by atoms with Crippen LogP contribution in [0, 0.1) is 13.8 Å². The SMILES string of the molecule is Cc1cccc(N(CCC(N)=O)Cc2nc(-c3ccco3)oc2C)c1. The highest BCUT2D eigenvalue weighted by atomic mass is 16.4. The smallest absolute Gasteiger partial charge is 0.263 e. The third-order valence-corrected chi connectivity index (χ3v) is 3.96. The molecule has 3 rings (SSSR count). The molecule has 0 aliphatic rings. The van der Waals surface area contributed by atoms with Gasteiger partial charge in [0.15, 0.2) is 5.76 Å². The number of aryl methyl sites for hydroxylation is 2. The van der Waals surface area contributed by atoms with Crippen molar-refractivity contribution in [2.45, 2.75) is 26.8 Å². The maximum atomic E-state index is 11.2. The molecule has 2 heterocycles. The van der Waals surface area contributed by atoms with Crippen LogP contribution in [0.4, 0.5) is 5.69 Å². The second kappa shape index (κ2) is 7.25. The number of furan rings is 1. The van der Waals surface area contributed by atoms with Crippen LogP contribution >= 0.6 is 0 Å². The third kappa shape index (κ3) is 4.09. The summed E-state index contributed by atoms with van der Waals surface area (Å²) in [6.07, 6.45) is 1.86. The maximum Gasteiger partial charge on any atom is 0.263 e. The van der Waals surface area contributed by atoms with Crippen molar-refractivity contribution in [1.29, 1.82) is 0 Å². The number of anilines is 1. The Morgan fingerprint density at radius 1 is 1.24 bits per heavy atom. The van der Waals surface area contributed by atoms with Gasteiger partial charge in [0.2, 0.25) is 5.91 Å². The molecule has 6 nitrogen and oxygen atoms in total. The first kappa shape index (κ1) is 16.8. The summed E-state index contributed by atoms with van der Waals surface area (Å²) in [4.78, 5) is 17.9. The molecule has 0 bridgehead atoms. The van der Waals surface area contributed by atoms with E-state index in [9.17, 15) is 4.79 Å². The van der Waals surface area contributed by atoms with Gasteiger partial charge in [0.25, 0.3) is 5.89 Å². The van der Waals surface area contributed by atoms with Gasteiger partial charge in [-0.2, -0.15) is 0 Å². The van der Waals surface area contributed by atoms with Gasteiger partial charge in [-0.05, 0) is 43.7 Å². The van der Waals surface area contributed by atoms with Crippen LogP contribution in [0.25, 0.3) is 11.7 Å². The fourth-order valence-corrected chi connectivity index (χ4v) is 2.63. The van der Waals surface area contributed by atoms with Gasteiger partial charge in [0.1, 0.15) is 11.5 Å². The number of hydrogen-bond acceptors (Lipinski definition) is 5. The molecule has 2 N–H and O–H groups in total. The number of rotatable bonds is 7. The minimum Gasteiger partial charge on any atom is -0.459 e. The van der Waals surface area contributed by atoms with E-state index in [4.69, 9.17) is 14.6 Å². The summed E-state index contributed by atoms with van der Waals surface area (Å²) in [7, 11) is 0. The molecule has 0 saturated carbocycles. The van der Waals surface area contributed by atoms with Gasteiger partial charge < -0.3 is 19.5 Å². The van der Waals surface area contributed by atoms with Crippen LogP contribution in [-0.4, -0.2) is 17.4 Å². The summed E-state index contributed by atoms with van der Waals surface area (Å²) in [6.45, 7) is 4.94. The molecular weight excluding hydrogens is 318 g/mol. The Balaban J connectivity index is 1.86. The highest BCUT2D eigenvalue weighted by Crippen LogP contribution is 2.25. The molecule has 0 unspecified atom stereocenters. The minimum atomic E-state index is -0.328. The number of carbonyl (C=O) groups is 1. The molecule has 0 saturated heterocycles. The molecule has 130 valence electrons. The van der Waals surface area contributed by atoms with Crippen LogP contribution in [0.3, 0.4) is 0 Å². The van der Waals surface area contributed by atoms with Gasteiger partial charge in [0.05, 0.1) is 12.8 Å². The Labute approximate surface area is 146 Å². The Hall–Kier alpha value is -3.02. The van der Waals surface area contributed by atoms with Gasteiger partial charge in [0, 0.05) is 18.7 Å². The lowest BCUT2D eigenvalue weighted by Gasteiger charge is -2.24. The van der Waals surface area contributed by atoms with Crippen molar-refractivity contribution in [1.82, 2.24) is 4.98 Å². The quantitative estimate of drug-likeness (QED) is 0.713. The van der Waals surface area contributed by atoms with E-state index in [1.807, 2.05) is 32.0 Å². The maximum absolute atomic E-state index is 11.2. The Kier molecular flexibility index (Phi) is 4.88. The minimum absolute atomic E-state index is 0.274. The second-order valence-electron chi connectivity index (χ2n) is 5.98. The lowest BCUT2D eigenvalue weighted by atomic mass is 10.2. The van der Waals surface area contributed by atoms with Crippen LogP contribution in [0.2, 0.25) is 0 Å². The fraction of sp³-hybridized carbons (Fsp3) is 0.263. The van der Waals surface area contributed by atoms with E-state index < -0.39 is 0 Å². The van der Waals surface area contributed by atoms with E-state index in [0.717, 1.165) is 22.7 Å². The molecule has 0 fully saturated rings. The summed E-state index contributed by atoms with van der Waals surface area (Å²) in [5.41, 5.74) is 8.30. The summed E-state index contributed by atoms with van der Waals surface area (Å²) in [6, 6.07) is 11.7.